The molecule has 0 atom stereocenters. The summed E-state index contributed by atoms with van der Waals surface area (Å²) in [7, 11) is 0. The fraction of sp³-hybridized carbons (Fsp3) is 0.286. The molecule has 0 radical (unpaired) electrons. The molecule has 0 saturated heterocycles. The van der Waals surface area contributed by atoms with E-state index in [0.717, 1.165) is 35.2 Å². The number of amides is 1. The molecule has 0 bridgehead atoms. The lowest BCUT2D eigenvalue weighted by atomic mass is 10.2. The number of benzene rings is 2. The Kier molecular flexibility index (Phi) is 5.79. The van der Waals surface area contributed by atoms with E-state index >= 15 is 0 Å². The lowest BCUT2D eigenvalue weighted by molar-refractivity contribution is -0.128. The predicted octanol–water partition coefficient (Wildman–Crippen LogP) is 4.42. The maximum absolute atomic E-state index is 14.5. The summed E-state index contributed by atoms with van der Waals surface area (Å²) in [5.74, 6) is -1.67. The monoisotopic (exact) mass is 449 g/mol. The molecule has 1 heterocycles. The molecule has 156 valence electrons. The number of hydrogen-bond acceptors (Lipinski definition) is 4. The molecule has 3 aromatic rings. The van der Waals surface area contributed by atoms with Gasteiger partial charge in [0.2, 0.25) is 5.91 Å². The van der Waals surface area contributed by atoms with Gasteiger partial charge in [-0.15, -0.1) is 0 Å². The van der Waals surface area contributed by atoms with E-state index in [-0.39, 0.29) is 33.9 Å². The van der Waals surface area contributed by atoms with Gasteiger partial charge < -0.3 is 4.90 Å². The van der Waals surface area contributed by atoms with Crippen molar-refractivity contribution in [2.24, 2.45) is 0 Å². The second-order valence-electron chi connectivity index (χ2n) is 6.99. The average Bonchev–Trinajstić information content (AvgIpc) is 3.53. The van der Waals surface area contributed by atoms with Crippen LogP contribution in [0.15, 0.2) is 46.3 Å². The summed E-state index contributed by atoms with van der Waals surface area (Å²) < 4.78 is 29.0. The molecule has 30 heavy (non-hydrogen) atoms. The fourth-order valence-electron chi connectivity index (χ4n) is 3.34. The Balaban J connectivity index is 1.79. The molecule has 0 N–H and O–H groups in total. The highest BCUT2D eigenvalue weighted by Crippen LogP contribution is 2.29. The number of thioether (sulfide) groups is 1. The van der Waals surface area contributed by atoms with Gasteiger partial charge in [0.25, 0.3) is 5.56 Å². The van der Waals surface area contributed by atoms with E-state index in [0.29, 0.717) is 23.2 Å². The van der Waals surface area contributed by atoms with E-state index in [2.05, 4.69) is 4.98 Å². The van der Waals surface area contributed by atoms with Crippen molar-refractivity contribution in [3.8, 4) is 5.69 Å². The minimum Gasteiger partial charge on any atom is -0.339 e. The van der Waals surface area contributed by atoms with Crippen LogP contribution >= 0.6 is 23.4 Å². The molecule has 0 unspecified atom stereocenters. The standard InChI is InChI=1S/C21H18ClF2N3O2S/c1-2-26(14-5-6-14)19(28)11-30-21-25-17-7-3-12(22)9-15(17)20(29)27(21)18-8-4-13(23)10-16(18)24/h3-4,7-10,14H,2,5-6,11H2,1H3. The largest absolute Gasteiger partial charge is 0.339 e. The summed E-state index contributed by atoms with van der Waals surface area (Å²) in [5, 5.41) is 0.696. The summed E-state index contributed by atoms with van der Waals surface area (Å²) in [6.45, 7) is 2.52. The molecule has 9 heteroatoms. The van der Waals surface area contributed by atoms with E-state index in [9.17, 15) is 18.4 Å². The fourth-order valence-corrected chi connectivity index (χ4v) is 4.41. The van der Waals surface area contributed by atoms with E-state index in [4.69, 9.17) is 11.6 Å². The summed E-state index contributed by atoms with van der Waals surface area (Å²) in [6, 6.07) is 7.87. The third-order valence-electron chi connectivity index (χ3n) is 4.92. The van der Waals surface area contributed by atoms with Crippen molar-refractivity contribution < 1.29 is 13.6 Å². The van der Waals surface area contributed by atoms with Gasteiger partial charge >= 0.3 is 0 Å². The van der Waals surface area contributed by atoms with Crippen molar-refractivity contribution in [1.29, 1.82) is 0 Å². The third-order valence-corrected chi connectivity index (χ3v) is 6.08. The highest BCUT2D eigenvalue weighted by molar-refractivity contribution is 7.99. The molecular formula is C21H18ClF2N3O2S. The Morgan fingerprint density at radius 2 is 2.03 bits per heavy atom. The van der Waals surface area contributed by atoms with Gasteiger partial charge in [-0.05, 0) is 50.1 Å². The quantitative estimate of drug-likeness (QED) is 0.413. The second-order valence-corrected chi connectivity index (χ2v) is 8.37. The first-order chi connectivity index (χ1) is 14.4. The van der Waals surface area contributed by atoms with Crippen molar-refractivity contribution >= 4 is 40.2 Å². The van der Waals surface area contributed by atoms with Crippen LogP contribution in [0.1, 0.15) is 19.8 Å². The lowest BCUT2D eigenvalue weighted by Crippen LogP contribution is -2.34. The SMILES string of the molecule is CCN(C(=O)CSc1nc2ccc(Cl)cc2c(=O)n1-c1ccc(F)cc1F)C1CC1. The lowest BCUT2D eigenvalue weighted by Gasteiger charge is -2.20. The first-order valence-corrected chi connectivity index (χ1v) is 10.9. The minimum atomic E-state index is -0.901. The van der Waals surface area contributed by atoms with Crippen molar-refractivity contribution in [2.45, 2.75) is 31.0 Å². The summed E-state index contributed by atoms with van der Waals surface area (Å²) in [6.07, 6.45) is 1.98. The number of carbonyl (C=O) groups excluding carboxylic acids is 1. The number of rotatable bonds is 6. The summed E-state index contributed by atoms with van der Waals surface area (Å²) in [4.78, 5) is 32.1. The normalized spacial score (nSPS) is 13.6. The van der Waals surface area contributed by atoms with E-state index in [1.54, 1.807) is 17.0 Å². The van der Waals surface area contributed by atoms with Gasteiger partial charge in [0.15, 0.2) is 5.16 Å². The smallest absolute Gasteiger partial charge is 0.266 e. The molecule has 2 aromatic carbocycles. The highest BCUT2D eigenvalue weighted by atomic mass is 35.5. The third kappa shape index (κ3) is 4.06. The van der Waals surface area contributed by atoms with Crippen LogP contribution in [-0.4, -0.2) is 38.7 Å². The Labute approximate surface area is 180 Å². The van der Waals surface area contributed by atoms with Crippen LogP contribution in [-0.2, 0) is 4.79 Å². The van der Waals surface area contributed by atoms with Gasteiger partial charge in [-0.25, -0.2) is 13.8 Å². The van der Waals surface area contributed by atoms with Crippen LogP contribution in [0.4, 0.5) is 8.78 Å². The Morgan fingerprint density at radius 3 is 2.70 bits per heavy atom. The Morgan fingerprint density at radius 1 is 1.27 bits per heavy atom. The summed E-state index contributed by atoms with van der Waals surface area (Å²) >= 11 is 7.07. The molecule has 4 rings (SSSR count). The summed E-state index contributed by atoms with van der Waals surface area (Å²) in [5.41, 5.74) is -0.301. The molecule has 1 aliphatic carbocycles. The zero-order valence-electron chi connectivity index (χ0n) is 16.1. The van der Waals surface area contributed by atoms with Crippen molar-refractivity contribution in [2.75, 3.05) is 12.3 Å². The first kappa shape index (κ1) is 20.8. The van der Waals surface area contributed by atoms with Crippen LogP contribution in [0.2, 0.25) is 5.02 Å². The molecule has 1 amide bonds. The number of aromatic nitrogens is 2. The Bertz CT molecular complexity index is 1200. The first-order valence-electron chi connectivity index (χ1n) is 9.49. The minimum absolute atomic E-state index is 0.0543. The molecule has 0 spiro atoms. The van der Waals surface area contributed by atoms with Crippen LogP contribution in [0.3, 0.4) is 0 Å². The van der Waals surface area contributed by atoms with Gasteiger partial charge in [-0.2, -0.15) is 0 Å². The molecule has 1 aromatic heterocycles. The van der Waals surface area contributed by atoms with E-state index in [1.807, 2.05) is 6.92 Å². The number of nitrogens with zero attached hydrogens (tertiary/aromatic N) is 3. The molecule has 1 aliphatic rings. The van der Waals surface area contributed by atoms with Crippen molar-refractivity contribution in [1.82, 2.24) is 14.5 Å². The molecule has 0 aliphatic heterocycles. The second kappa shape index (κ2) is 8.35. The van der Waals surface area contributed by atoms with Crippen molar-refractivity contribution in [3.63, 3.8) is 0 Å². The average molecular weight is 450 g/mol. The topological polar surface area (TPSA) is 55.2 Å². The maximum Gasteiger partial charge on any atom is 0.266 e. The molecular weight excluding hydrogens is 432 g/mol. The van der Waals surface area contributed by atoms with Gasteiger partial charge in [-0.1, -0.05) is 23.4 Å². The van der Waals surface area contributed by atoms with E-state index in [1.165, 1.54) is 12.1 Å². The number of fused-ring (bicyclic) bond motifs is 1. The maximum atomic E-state index is 14.5. The van der Waals surface area contributed by atoms with Crippen LogP contribution < -0.4 is 5.56 Å². The predicted molar refractivity (Wildman–Crippen MR) is 113 cm³/mol. The van der Waals surface area contributed by atoms with Gasteiger partial charge in [0.1, 0.15) is 11.6 Å². The van der Waals surface area contributed by atoms with Crippen LogP contribution in [0, 0.1) is 11.6 Å². The van der Waals surface area contributed by atoms with Crippen LogP contribution in [0.25, 0.3) is 16.6 Å². The zero-order valence-corrected chi connectivity index (χ0v) is 17.6. The molecule has 1 saturated carbocycles. The number of carbonyl (C=O) groups is 1. The number of hydrogen-bond donors (Lipinski definition) is 0. The Hall–Kier alpha value is -2.45. The van der Waals surface area contributed by atoms with Crippen LogP contribution in [0.5, 0.6) is 0 Å². The van der Waals surface area contributed by atoms with E-state index < -0.39 is 17.2 Å². The molecule has 5 nitrogen and oxygen atoms in total. The number of halogens is 3. The van der Waals surface area contributed by atoms with Crippen molar-refractivity contribution in [3.05, 3.63) is 63.4 Å². The zero-order chi connectivity index (χ0) is 21.4. The molecule has 1 fully saturated rings. The highest BCUT2D eigenvalue weighted by Gasteiger charge is 2.31. The van der Waals surface area contributed by atoms with Gasteiger partial charge in [0, 0.05) is 23.7 Å². The van der Waals surface area contributed by atoms with Gasteiger partial charge in [0.05, 0.1) is 22.3 Å². The van der Waals surface area contributed by atoms with Gasteiger partial charge in [-0.3, -0.25) is 14.2 Å².